The fourth-order valence-electron chi connectivity index (χ4n) is 4.47. The molecule has 0 bridgehead atoms. The molecule has 2 aliphatic heterocycles. The maximum atomic E-state index is 13.8. The number of nitrogens with zero attached hydrogens (tertiary/aromatic N) is 1. The van der Waals surface area contributed by atoms with E-state index in [2.05, 4.69) is 24.4 Å². The predicted molar refractivity (Wildman–Crippen MR) is 95.9 cm³/mol. The molecular weight excluding hydrogens is 315 g/mol. The van der Waals surface area contributed by atoms with E-state index in [1.807, 2.05) is 24.0 Å². The zero-order valence-corrected chi connectivity index (χ0v) is 14.6. The Morgan fingerprint density at radius 1 is 1.16 bits per heavy atom. The van der Waals surface area contributed by atoms with Gasteiger partial charge in [0.15, 0.2) is 0 Å². The number of hydrogen-bond acceptors (Lipinski definition) is 2. The van der Waals surface area contributed by atoms with E-state index in [1.165, 1.54) is 23.3 Å². The zero-order valence-electron chi connectivity index (χ0n) is 14.6. The van der Waals surface area contributed by atoms with E-state index < -0.39 is 0 Å². The molecule has 2 aliphatic rings. The summed E-state index contributed by atoms with van der Waals surface area (Å²) in [7, 11) is 0. The van der Waals surface area contributed by atoms with Crippen LogP contribution in [0.2, 0.25) is 0 Å². The lowest BCUT2D eigenvalue weighted by Crippen LogP contribution is -2.35. The van der Waals surface area contributed by atoms with Crippen LogP contribution in [0.1, 0.15) is 33.1 Å². The molecule has 2 aromatic carbocycles. The molecule has 0 saturated carbocycles. The van der Waals surface area contributed by atoms with Gasteiger partial charge in [-0.05, 0) is 54.7 Å². The second kappa shape index (κ2) is 6.26. The Kier molecular flexibility index (Phi) is 4.08. The number of nitrogens with one attached hydrogen (secondary N) is 1. The van der Waals surface area contributed by atoms with E-state index in [1.54, 1.807) is 6.07 Å². The lowest BCUT2D eigenvalue weighted by molar-refractivity contribution is 0.0713. The molecule has 0 spiro atoms. The van der Waals surface area contributed by atoms with Crippen LogP contribution >= 0.6 is 0 Å². The molecule has 2 saturated heterocycles. The van der Waals surface area contributed by atoms with Gasteiger partial charge in [-0.1, -0.05) is 24.3 Å². The third-order valence-corrected chi connectivity index (χ3v) is 5.62. The van der Waals surface area contributed by atoms with E-state index in [0.29, 0.717) is 17.4 Å². The summed E-state index contributed by atoms with van der Waals surface area (Å²) >= 11 is 0. The minimum absolute atomic E-state index is 0.0530. The Morgan fingerprint density at radius 3 is 2.72 bits per heavy atom. The zero-order chi connectivity index (χ0) is 17.6. The fraction of sp³-hybridized carbons (Fsp3) is 0.381. The average molecular weight is 338 g/mol. The Balaban J connectivity index is 1.74. The van der Waals surface area contributed by atoms with Gasteiger partial charge in [0.25, 0.3) is 5.91 Å². The van der Waals surface area contributed by atoms with Crippen molar-refractivity contribution in [3.05, 3.63) is 70.5 Å². The van der Waals surface area contributed by atoms with Crippen molar-refractivity contribution in [2.24, 2.45) is 11.8 Å². The monoisotopic (exact) mass is 338 g/mol. The van der Waals surface area contributed by atoms with Crippen molar-refractivity contribution < 1.29 is 9.18 Å². The van der Waals surface area contributed by atoms with E-state index >= 15 is 0 Å². The van der Waals surface area contributed by atoms with Crippen molar-refractivity contribution in [2.45, 2.75) is 19.9 Å². The highest BCUT2D eigenvalue weighted by molar-refractivity contribution is 5.95. The number of aryl methyl sites for hydroxylation is 2. The van der Waals surface area contributed by atoms with Crippen molar-refractivity contribution in [1.82, 2.24) is 10.2 Å². The first-order valence-corrected chi connectivity index (χ1v) is 8.89. The molecule has 2 fully saturated rings. The normalized spacial score (nSPS) is 25.2. The molecular formula is C21H23FN2O. The van der Waals surface area contributed by atoms with Crippen molar-refractivity contribution in [3.8, 4) is 0 Å². The van der Waals surface area contributed by atoms with Crippen LogP contribution in [0.5, 0.6) is 0 Å². The lowest BCUT2D eigenvalue weighted by atomic mass is 9.87. The molecule has 1 N–H and O–H groups in total. The standard InChI is InChI=1S/C21H23FN2O/c1-13-7-15(9-17(22)8-13)21(25)24-12-16-10-23-11-19(16)20(24)18-6-4-3-5-14(18)2/h3-9,16,19-20,23H,10-12H2,1-2H3/t16-,19-,20-/m0/s1. The van der Waals surface area contributed by atoms with Gasteiger partial charge in [0, 0.05) is 31.1 Å². The maximum Gasteiger partial charge on any atom is 0.254 e. The fourth-order valence-corrected chi connectivity index (χ4v) is 4.47. The minimum atomic E-state index is -0.350. The molecule has 3 atom stereocenters. The summed E-state index contributed by atoms with van der Waals surface area (Å²) in [6.45, 7) is 6.51. The molecule has 2 heterocycles. The second-order valence-corrected chi connectivity index (χ2v) is 7.36. The summed E-state index contributed by atoms with van der Waals surface area (Å²) in [4.78, 5) is 15.2. The van der Waals surface area contributed by atoms with Crippen LogP contribution in [0, 0.1) is 31.5 Å². The van der Waals surface area contributed by atoms with Gasteiger partial charge < -0.3 is 10.2 Å². The average Bonchev–Trinajstić information content (AvgIpc) is 3.15. The van der Waals surface area contributed by atoms with Gasteiger partial charge in [0.1, 0.15) is 5.82 Å². The number of amides is 1. The Labute approximate surface area is 147 Å². The third-order valence-electron chi connectivity index (χ3n) is 5.62. The van der Waals surface area contributed by atoms with Crippen molar-refractivity contribution >= 4 is 5.91 Å². The van der Waals surface area contributed by atoms with E-state index in [0.717, 1.165) is 25.2 Å². The van der Waals surface area contributed by atoms with Crippen LogP contribution in [-0.4, -0.2) is 30.4 Å². The first kappa shape index (κ1) is 16.3. The molecule has 4 rings (SSSR count). The van der Waals surface area contributed by atoms with Gasteiger partial charge in [-0.25, -0.2) is 4.39 Å². The molecule has 0 aliphatic carbocycles. The minimum Gasteiger partial charge on any atom is -0.331 e. The highest BCUT2D eigenvalue weighted by atomic mass is 19.1. The largest absolute Gasteiger partial charge is 0.331 e. The summed E-state index contributed by atoms with van der Waals surface area (Å²) < 4.78 is 13.8. The van der Waals surface area contributed by atoms with Gasteiger partial charge in [-0.2, -0.15) is 0 Å². The number of carbonyl (C=O) groups is 1. The Hall–Kier alpha value is -2.20. The molecule has 0 aromatic heterocycles. The summed E-state index contributed by atoms with van der Waals surface area (Å²) in [6, 6.07) is 12.9. The lowest BCUT2D eigenvalue weighted by Gasteiger charge is -2.29. The van der Waals surface area contributed by atoms with Crippen LogP contribution in [0.15, 0.2) is 42.5 Å². The van der Waals surface area contributed by atoms with E-state index in [-0.39, 0.29) is 17.8 Å². The van der Waals surface area contributed by atoms with E-state index in [4.69, 9.17) is 0 Å². The predicted octanol–water partition coefficient (Wildman–Crippen LogP) is 3.48. The highest BCUT2D eigenvalue weighted by Gasteiger charge is 2.47. The van der Waals surface area contributed by atoms with Crippen LogP contribution in [0.4, 0.5) is 4.39 Å². The molecule has 2 aromatic rings. The van der Waals surface area contributed by atoms with Gasteiger partial charge in [-0.15, -0.1) is 0 Å². The maximum absolute atomic E-state index is 13.8. The van der Waals surface area contributed by atoms with Crippen LogP contribution in [0.3, 0.4) is 0 Å². The summed E-state index contributed by atoms with van der Waals surface area (Å²) in [5.41, 5.74) is 3.63. The SMILES string of the molecule is Cc1cc(F)cc(C(=O)N2C[C@@H]3CNC[C@@H]3[C@@H]2c2ccccc2C)c1. The van der Waals surface area contributed by atoms with Crippen molar-refractivity contribution in [3.63, 3.8) is 0 Å². The van der Waals surface area contributed by atoms with Crippen LogP contribution < -0.4 is 5.32 Å². The first-order chi connectivity index (χ1) is 12.0. The topological polar surface area (TPSA) is 32.3 Å². The Bertz CT molecular complexity index is 799. The molecule has 0 radical (unpaired) electrons. The Morgan fingerprint density at radius 2 is 1.96 bits per heavy atom. The molecule has 4 heteroatoms. The smallest absolute Gasteiger partial charge is 0.254 e. The highest BCUT2D eigenvalue weighted by Crippen LogP contribution is 2.44. The number of fused-ring (bicyclic) bond motifs is 1. The molecule has 1 amide bonds. The number of hydrogen-bond donors (Lipinski definition) is 1. The number of likely N-dealkylation sites (tertiary alicyclic amines) is 1. The number of halogens is 1. The molecule has 25 heavy (non-hydrogen) atoms. The van der Waals surface area contributed by atoms with Gasteiger partial charge in [0.2, 0.25) is 0 Å². The van der Waals surface area contributed by atoms with Crippen molar-refractivity contribution in [2.75, 3.05) is 19.6 Å². The molecule has 130 valence electrons. The second-order valence-electron chi connectivity index (χ2n) is 7.36. The summed E-state index contributed by atoms with van der Waals surface area (Å²) in [5, 5.41) is 3.46. The summed E-state index contributed by atoms with van der Waals surface area (Å²) in [6.07, 6.45) is 0. The van der Waals surface area contributed by atoms with Crippen LogP contribution in [0.25, 0.3) is 0 Å². The molecule has 3 nitrogen and oxygen atoms in total. The summed E-state index contributed by atoms with van der Waals surface area (Å²) in [5.74, 6) is 0.463. The first-order valence-electron chi connectivity index (χ1n) is 8.89. The quantitative estimate of drug-likeness (QED) is 0.909. The van der Waals surface area contributed by atoms with Gasteiger partial charge in [0.05, 0.1) is 6.04 Å². The number of benzene rings is 2. The van der Waals surface area contributed by atoms with Gasteiger partial charge in [-0.3, -0.25) is 4.79 Å². The number of rotatable bonds is 2. The number of carbonyl (C=O) groups excluding carboxylic acids is 1. The van der Waals surface area contributed by atoms with Crippen LogP contribution in [-0.2, 0) is 0 Å². The third kappa shape index (κ3) is 2.85. The van der Waals surface area contributed by atoms with Crippen molar-refractivity contribution in [1.29, 1.82) is 0 Å². The van der Waals surface area contributed by atoms with Gasteiger partial charge >= 0.3 is 0 Å². The molecule has 0 unspecified atom stereocenters. The van der Waals surface area contributed by atoms with E-state index in [9.17, 15) is 9.18 Å².